The van der Waals surface area contributed by atoms with E-state index in [0.717, 1.165) is 12.1 Å². The number of nitrogens with one attached hydrogen (secondary N) is 1. The van der Waals surface area contributed by atoms with Crippen LogP contribution in [0.4, 0.5) is 5.69 Å². The number of amides is 3. The third kappa shape index (κ3) is 4.82. The highest BCUT2D eigenvalue weighted by Crippen LogP contribution is 2.21. The van der Waals surface area contributed by atoms with Gasteiger partial charge in [0.05, 0.1) is 18.5 Å². The number of benzene rings is 1. The van der Waals surface area contributed by atoms with Gasteiger partial charge in [-0.05, 0) is 44.5 Å². The molecule has 0 bridgehead atoms. The topological polar surface area (TPSA) is 93.5 Å². The molecule has 0 radical (unpaired) electrons. The van der Waals surface area contributed by atoms with Gasteiger partial charge >= 0.3 is 0 Å². The van der Waals surface area contributed by atoms with E-state index in [9.17, 15) is 14.4 Å². The second-order valence-corrected chi connectivity index (χ2v) is 6.34. The van der Waals surface area contributed by atoms with Gasteiger partial charge in [-0.3, -0.25) is 14.4 Å². The van der Waals surface area contributed by atoms with E-state index in [1.807, 2.05) is 6.92 Å². The van der Waals surface area contributed by atoms with Crippen LogP contribution in [0, 0.1) is 17.2 Å². The average Bonchev–Trinajstić information content (AvgIpc) is 3.09. The second-order valence-electron chi connectivity index (χ2n) is 6.34. The molecule has 1 unspecified atom stereocenters. The van der Waals surface area contributed by atoms with Gasteiger partial charge in [-0.15, -0.1) is 0 Å². The molecule has 1 aliphatic heterocycles. The van der Waals surface area contributed by atoms with Crippen molar-refractivity contribution in [1.29, 1.82) is 5.26 Å². The highest BCUT2D eigenvalue weighted by atomic mass is 16.2. The Bertz CT molecular complexity index is 708. The smallest absolute Gasteiger partial charge is 0.251 e. The third-order valence-corrected chi connectivity index (χ3v) is 4.36. The molecule has 1 aromatic carbocycles. The first-order valence-electron chi connectivity index (χ1n) is 8.82. The Balaban J connectivity index is 1.90. The maximum absolute atomic E-state index is 12.2. The second kappa shape index (κ2) is 8.99. The molecular weight excluding hydrogens is 332 g/mol. The monoisotopic (exact) mass is 356 g/mol. The van der Waals surface area contributed by atoms with Crippen molar-refractivity contribution in [2.45, 2.75) is 26.7 Å². The molecule has 0 aromatic heterocycles. The van der Waals surface area contributed by atoms with Gasteiger partial charge < -0.3 is 15.1 Å². The lowest BCUT2D eigenvalue weighted by Gasteiger charge is -2.22. The molecule has 138 valence electrons. The van der Waals surface area contributed by atoms with Crippen molar-refractivity contribution in [1.82, 2.24) is 10.2 Å². The van der Waals surface area contributed by atoms with Crippen LogP contribution in [0.3, 0.4) is 0 Å². The minimum absolute atomic E-state index is 0.0963. The van der Waals surface area contributed by atoms with Crippen molar-refractivity contribution in [3.8, 4) is 6.07 Å². The summed E-state index contributed by atoms with van der Waals surface area (Å²) >= 11 is 0. The summed E-state index contributed by atoms with van der Waals surface area (Å²) in [5.41, 5.74) is 1.21. The molecule has 1 heterocycles. The Morgan fingerprint density at radius 1 is 1.35 bits per heavy atom. The lowest BCUT2D eigenvalue weighted by atomic mass is 10.2. The van der Waals surface area contributed by atoms with Gasteiger partial charge in [0.1, 0.15) is 0 Å². The summed E-state index contributed by atoms with van der Waals surface area (Å²) in [5, 5.41) is 11.5. The fraction of sp³-hybridized carbons (Fsp3) is 0.474. The summed E-state index contributed by atoms with van der Waals surface area (Å²) in [5.74, 6) is -0.723. The van der Waals surface area contributed by atoms with Crippen molar-refractivity contribution in [3.63, 3.8) is 0 Å². The van der Waals surface area contributed by atoms with Gasteiger partial charge in [0.15, 0.2) is 0 Å². The van der Waals surface area contributed by atoms with E-state index in [1.165, 1.54) is 0 Å². The van der Waals surface area contributed by atoms with Crippen LogP contribution in [0.15, 0.2) is 24.3 Å². The summed E-state index contributed by atoms with van der Waals surface area (Å²) < 4.78 is 0. The van der Waals surface area contributed by atoms with Crippen LogP contribution in [0.2, 0.25) is 0 Å². The first-order chi connectivity index (χ1) is 12.5. The standard InChI is InChI=1S/C19H24N4O3/c1-3-22(13-14(2)11-20)18(25)12-21-19(26)15-6-8-16(9-7-15)23-10-4-5-17(23)24/h6-9,14H,3-5,10,12-13H2,1-2H3,(H,21,26). The fourth-order valence-electron chi connectivity index (χ4n) is 2.86. The summed E-state index contributed by atoms with van der Waals surface area (Å²) in [6.45, 7) is 5.01. The zero-order valence-corrected chi connectivity index (χ0v) is 15.2. The third-order valence-electron chi connectivity index (χ3n) is 4.36. The summed E-state index contributed by atoms with van der Waals surface area (Å²) in [7, 11) is 0. The normalized spacial score (nSPS) is 14.7. The summed E-state index contributed by atoms with van der Waals surface area (Å²) in [6.07, 6.45) is 1.41. The highest BCUT2D eigenvalue weighted by Gasteiger charge is 2.22. The minimum Gasteiger partial charge on any atom is -0.343 e. The number of rotatable bonds is 7. The van der Waals surface area contributed by atoms with E-state index >= 15 is 0 Å². The van der Waals surface area contributed by atoms with E-state index in [4.69, 9.17) is 5.26 Å². The molecule has 1 atom stereocenters. The molecule has 7 nitrogen and oxygen atoms in total. The number of carbonyl (C=O) groups excluding carboxylic acids is 3. The van der Waals surface area contributed by atoms with Crippen LogP contribution < -0.4 is 10.2 Å². The quantitative estimate of drug-likeness (QED) is 0.802. The van der Waals surface area contributed by atoms with Gasteiger partial charge in [0, 0.05) is 37.3 Å². The van der Waals surface area contributed by atoms with Crippen molar-refractivity contribution >= 4 is 23.4 Å². The van der Waals surface area contributed by atoms with E-state index in [2.05, 4.69) is 11.4 Å². The Morgan fingerprint density at radius 3 is 2.58 bits per heavy atom. The van der Waals surface area contributed by atoms with Crippen molar-refractivity contribution in [2.75, 3.05) is 31.1 Å². The van der Waals surface area contributed by atoms with E-state index < -0.39 is 0 Å². The van der Waals surface area contributed by atoms with Crippen LogP contribution in [0.25, 0.3) is 0 Å². The van der Waals surface area contributed by atoms with E-state index in [0.29, 0.717) is 31.6 Å². The summed E-state index contributed by atoms with van der Waals surface area (Å²) in [4.78, 5) is 39.4. The number of carbonyl (C=O) groups is 3. The largest absolute Gasteiger partial charge is 0.343 e. The van der Waals surface area contributed by atoms with E-state index in [1.54, 1.807) is 41.0 Å². The number of hydrogen-bond acceptors (Lipinski definition) is 4. The Morgan fingerprint density at radius 2 is 2.04 bits per heavy atom. The first kappa shape index (κ1) is 19.4. The van der Waals surface area contributed by atoms with Gasteiger partial charge in [-0.25, -0.2) is 0 Å². The predicted molar refractivity (Wildman–Crippen MR) is 97.4 cm³/mol. The van der Waals surface area contributed by atoms with Crippen molar-refractivity contribution in [3.05, 3.63) is 29.8 Å². The zero-order valence-electron chi connectivity index (χ0n) is 15.2. The molecule has 26 heavy (non-hydrogen) atoms. The van der Waals surface area contributed by atoms with Crippen molar-refractivity contribution in [2.24, 2.45) is 5.92 Å². The SMILES string of the molecule is CCN(CC(C)C#N)C(=O)CNC(=O)c1ccc(N2CCCC2=O)cc1. The van der Waals surface area contributed by atoms with Crippen LogP contribution in [-0.4, -0.2) is 48.8 Å². The van der Waals surface area contributed by atoms with Crippen LogP contribution in [0.1, 0.15) is 37.0 Å². The number of anilines is 1. The highest BCUT2D eigenvalue weighted by molar-refractivity contribution is 5.98. The molecule has 0 aliphatic carbocycles. The molecule has 3 amide bonds. The lowest BCUT2D eigenvalue weighted by Crippen LogP contribution is -2.41. The lowest BCUT2D eigenvalue weighted by molar-refractivity contribution is -0.130. The van der Waals surface area contributed by atoms with Gasteiger partial charge in [-0.2, -0.15) is 5.26 Å². The maximum atomic E-state index is 12.2. The zero-order chi connectivity index (χ0) is 19.1. The number of nitriles is 1. The van der Waals surface area contributed by atoms with Crippen LogP contribution in [0.5, 0.6) is 0 Å². The predicted octanol–water partition coefficient (Wildman–Crippen LogP) is 1.55. The number of hydrogen-bond donors (Lipinski definition) is 1. The maximum Gasteiger partial charge on any atom is 0.251 e. The van der Waals surface area contributed by atoms with Gasteiger partial charge in [0.25, 0.3) is 5.91 Å². The Kier molecular flexibility index (Phi) is 6.73. The molecule has 1 aliphatic rings. The Labute approximate surface area is 153 Å². The van der Waals surface area contributed by atoms with Crippen LogP contribution >= 0.6 is 0 Å². The molecule has 1 fully saturated rings. The molecule has 1 saturated heterocycles. The molecule has 0 spiro atoms. The average molecular weight is 356 g/mol. The van der Waals surface area contributed by atoms with E-state index in [-0.39, 0.29) is 30.2 Å². The van der Waals surface area contributed by atoms with Gasteiger partial charge in [0.2, 0.25) is 11.8 Å². The number of likely N-dealkylation sites (N-methyl/N-ethyl adjacent to an activating group) is 1. The molecular formula is C19H24N4O3. The summed E-state index contributed by atoms with van der Waals surface area (Å²) in [6, 6.07) is 8.88. The molecule has 1 N–H and O–H groups in total. The fourth-order valence-corrected chi connectivity index (χ4v) is 2.86. The minimum atomic E-state index is -0.345. The number of nitrogens with zero attached hydrogens (tertiary/aromatic N) is 3. The first-order valence-corrected chi connectivity index (χ1v) is 8.82. The van der Waals surface area contributed by atoms with Crippen molar-refractivity contribution < 1.29 is 14.4 Å². The molecule has 2 rings (SSSR count). The molecule has 0 saturated carbocycles. The Hall–Kier alpha value is -2.88. The molecule has 7 heteroatoms. The van der Waals surface area contributed by atoms with Crippen LogP contribution in [-0.2, 0) is 9.59 Å². The molecule has 1 aromatic rings. The van der Waals surface area contributed by atoms with Gasteiger partial charge in [-0.1, -0.05) is 0 Å².